The van der Waals surface area contributed by atoms with Gasteiger partial charge in [-0.1, -0.05) is 28.1 Å². The summed E-state index contributed by atoms with van der Waals surface area (Å²) in [6, 6.07) is 7.19. The first-order valence-corrected chi connectivity index (χ1v) is 8.21. The minimum Gasteiger partial charge on any atom is -0.466 e. The van der Waals surface area contributed by atoms with Gasteiger partial charge in [-0.15, -0.1) is 0 Å². The van der Waals surface area contributed by atoms with Gasteiger partial charge in [-0.3, -0.25) is 9.59 Å². The second-order valence-corrected chi connectivity index (χ2v) is 5.80. The lowest BCUT2D eigenvalue weighted by molar-refractivity contribution is -0.143. The Morgan fingerprint density at radius 2 is 1.95 bits per heavy atom. The number of ether oxygens (including phenoxy) is 1. The van der Waals surface area contributed by atoms with E-state index in [9.17, 15) is 9.59 Å². The maximum absolute atomic E-state index is 12.0. The van der Waals surface area contributed by atoms with Crippen LogP contribution in [-0.2, 0) is 14.3 Å². The molecule has 5 nitrogen and oxygen atoms in total. The van der Waals surface area contributed by atoms with Crippen molar-refractivity contribution in [1.29, 1.82) is 0 Å². The number of carbonyl (C=O) groups is 2. The van der Waals surface area contributed by atoms with Crippen molar-refractivity contribution >= 4 is 27.8 Å². The zero-order chi connectivity index (χ0) is 16.4. The fourth-order valence-electron chi connectivity index (χ4n) is 2.03. The monoisotopic (exact) mass is 370 g/mol. The summed E-state index contributed by atoms with van der Waals surface area (Å²) in [6.45, 7) is 2.89. The van der Waals surface area contributed by atoms with E-state index in [2.05, 4.69) is 26.6 Å². The summed E-state index contributed by atoms with van der Waals surface area (Å²) in [6.07, 6.45) is 1.32. The van der Waals surface area contributed by atoms with Crippen LogP contribution in [0.1, 0.15) is 37.8 Å². The SMILES string of the molecule is CCOC(=O)CC(NC(=O)CCCNC)c1ccc(Br)cc1. The van der Waals surface area contributed by atoms with E-state index < -0.39 is 0 Å². The van der Waals surface area contributed by atoms with Crippen LogP contribution in [-0.4, -0.2) is 32.1 Å². The number of esters is 1. The van der Waals surface area contributed by atoms with Crippen LogP contribution >= 0.6 is 15.9 Å². The average molecular weight is 371 g/mol. The molecule has 122 valence electrons. The van der Waals surface area contributed by atoms with Crippen LogP contribution in [0.4, 0.5) is 0 Å². The van der Waals surface area contributed by atoms with Gasteiger partial charge in [0.15, 0.2) is 0 Å². The third kappa shape index (κ3) is 7.04. The third-order valence-electron chi connectivity index (χ3n) is 3.11. The Balaban J connectivity index is 2.71. The summed E-state index contributed by atoms with van der Waals surface area (Å²) in [5.41, 5.74) is 0.887. The molecule has 1 atom stereocenters. The molecule has 6 heteroatoms. The van der Waals surface area contributed by atoms with Gasteiger partial charge in [0, 0.05) is 10.9 Å². The first kappa shape index (κ1) is 18.6. The quantitative estimate of drug-likeness (QED) is 0.517. The fourth-order valence-corrected chi connectivity index (χ4v) is 2.29. The molecule has 0 saturated carbocycles. The average Bonchev–Trinajstić information content (AvgIpc) is 2.48. The number of nitrogens with one attached hydrogen (secondary N) is 2. The smallest absolute Gasteiger partial charge is 0.308 e. The largest absolute Gasteiger partial charge is 0.466 e. The minimum atomic E-state index is -0.366. The lowest BCUT2D eigenvalue weighted by Crippen LogP contribution is -2.31. The number of amides is 1. The second-order valence-electron chi connectivity index (χ2n) is 4.89. The van der Waals surface area contributed by atoms with Crippen LogP contribution in [0.5, 0.6) is 0 Å². The Kier molecular flexibility index (Phi) is 8.77. The number of rotatable bonds is 9. The lowest BCUT2D eigenvalue weighted by Gasteiger charge is -2.18. The molecule has 1 aromatic rings. The zero-order valence-corrected chi connectivity index (χ0v) is 14.6. The summed E-state index contributed by atoms with van der Waals surface area (Å²) in [5, 5.41) is 5.92. The van der Waals surface area contributed by atoms with Crippen molar-refractivity contribution in [3.8, 4) is 0 Å². The molecule has 2 N–H and O–H groups in total. The van der Waals surface area contributed by atoms with Crippen molar-refractivity contribution in [2.75, 3.05) is 20.2 Å². The summed E-state index contributed by atoms with van der Waals surface area (Å²) in [7, 11) is 1.85. The third-order valence-corrected chi connectivity index (χ3v) is 3.64. The van der Waals surface area contributed by atoms with E-state index in [1.807, 2.05) is 31.3 Å². The van der Waals surface area contributed by atoms with Crippen molar-refractivity contribution in [1.82, 2.24) is 10.6 Å². The van der Waals surface area contributed by atoms with Crippen LogP contribution in [0.15, 0.2) is 28.7 Å². The van der Waals surface area contributed by atoms with E-state index in [0.717, 1.165) is 23.0 Å². The Hall–Kier alpha value is -1.40. The van der Waals surface area contributed by atoms with Crippen molar-refractivity contribution < 1.29 is 14.3 Å². The van der Waals surface area contributed by atoms with E-state index in [1.165, 1.54) is 0 Å². The normalized spacial score (nSPS) is 11.8. The first-order chi connectivity index (χ1) is 10.6. The molecule has 0 saturated heterocycles. The van der Waals surface area contributed by atoms with Gasteiger partial charge in [0.1, 0.15) is 0 Å². The first-order valence-electron chi connectivity index (χ1n) is 7.41. The molecule has 1 amide bonds. The van der Waals surface area contributed by atoms with Crippen LogP contribution in [0.25, 0.3) is 0 Å². The van der Waals surface area contributed by atoms with E-state index >= 15 is 0 Å². The molecular weight excluding hydrogens is 348 g/mol. The van der Waals surface area contributed by atoms with Crippen molar-refractivity contribution in [3.63, 3.8) is 0 Å². The Morgan fingerprint density at radius 1 is 1.27 bits per heavy atom. The highest BCUT2D eigenvalue weighted by molar-refractivity contribution is 9.10. The molecule has 0 heterocycles. The molecule has 1 rings (SSSR count). The molecule has 0 bridgehead atoms. The highest BCUT2D eigenvalue weighted by Gasteiger charge is 2.19. The Labute approximate surface area is 139 Å². The molecule has 22 heavy (non-hydrogen) atoms. The molecule has 0 radical (unpaired) electrons. The summed E-state index contributed by atoms with van der Waals surface area (Å²) in [4.78, 5) is 23.8. The highest BCUT2D eigenvalue weighted by Crippen LogP contribution is 2.20. The van der Waals surface area contributed by atoms with Crippen molar-refractivity contribution in [2.24, 2.45) is 0 Å². The van der Waals surface area contributed by atoms with E-state index in [-0.39, 0.29) is 24.3 Å². The Bertz CT molecular complexity index is 477. The zero-order valence-electron chi connectivity index (χ0n) is 13.0. The van der Waals surface area contributed by atoms with Gasteiger partial charge in [-0.2, -0.15) is 0 Å². The maximum atomic E-state index is 12.0. The highest BCUT2D eigenvalue weighted by atomic mass is 79.9. The van der Waals surface area contributed by atoms with E-state index in [1.54, 1.807) is 6.92 Å². The molecule has 1 unspecified atom stereocenters. The van der Waals surface area contributed by atoms with Crippen molar-refractivity contribution in [2.45, 2.75) is 32.2 Å². The number of benzene rings is 1. The second kappa shape index (κ2) is 10.3. The Morgan fingerprint density at radius 3 is 2.55 bits per heavy atom. The van der Waals surface area contributed by atoms with Crippen LogP contribution < -0.4 is 10.6 Å². The standard InChI is InChI=1S/C16H23BrN2O3/c1-3-22-16(21)11-14(12-6-8-13(17)9-7-12)19-15(20)5-4-10-18-2/h6-9,14,18H,3-5,10-11H2,1-2H3,(H,19,20). The molecule has 1 aromatic carbocycles. The molecule has 0 aliphatic heterocycles. The number of carbonyl (C=O) groups excluding carboxylic acids is 2. The van der Waals surface area contributed by atoms with Crippen LogP contribution in [0.2, 0.25) is 0 Å². The van der Waals surface area contributed by atoms with Crippen LogP contribution in [0.3, 0.4) is 0 Å². The van der Waals surface area contributed by atoms with Gasteiger partial charge in [0.25, 0.3) is 0 Å². The molecular formula is C16H23BrN2O3. The number of hydrogen-bond acceptors (Lipinski definition) is 4. The maximum Gasteiger partial charge on any atom is 0.308 e. The minimum absolute atomic E-state index is 0.0625. The van der Waals surface area contributed by atoms with Gasteiger partial charge in [0.2, 0.25) is 5.91 Å². The van der Waals surface area contributed by atoms with Gasteiger partial charge in [-0.25, -0.2) is 0 Å². The lowest BCUT2D eigenvalue weighted by atomic mass is 10.0. The molecule has 0 spiro atoms. The summed E-state index contributed by atoms with van der Waals surface area (Å²) < 4.78 is 5.94. The molecule has 0 aliphatic carbocycles. The van der Waals surface area contributed by atoms with Gasteiger partial charge >= 0.3 is 5.97 Å². The van der Waals surface area contributed by atoms with Crippen LogP contribution in [0, 0.1) is 0 Å². The van der Waals surface area contributed by atoms with E-state index in [0.29, 0.717) is 13.0 Å². The summed E-state index contributed by atoms with van der Waals surface area (Å²) >= 11 is 3.38. The molecule has 0 fully saturated rings. The van der Waals surface area contributed by atoms with Gasteiger partial charge in [-0.05, 0) is 44.6 Å². The van der Waals surface area contributed by atoms with Gasteiger partial charge in [0.05, 0.1) is 19.1 Å². The summed E-state index contributed by atoms with van der Waals surface area (Å²) in [5.74, 6) is -0.376. The van der Waals surface area contributed by atoms with Gasteiger partial charge < -0.3 is 15.4 Å². The molecule has 0 aliphatic rings. The fraction of sp³-hybridized carbons (Fsp3) is 0.500. The van der Waals surface area contributed by atoms with E-state index in [4.69, 9.17) is 4.74 Å². The predicted octanol–water partition coefficient (Wildman–Crippen LogP) is 2.56. The van der Waals surface area contributed by atoms with Crippen molar-refractivity contribution in [3.05, 3.63) is 34.3 Å². The predicted molar refractivity (Wildman–Crippen MR) is 89.4 cm³/mol. The number of halogens is 1. The number of hydrogen-bond donors (Lipinski definition) is 2. The molecule has 0 aromatic heterocycles. The topological polar surface area (TPSA) is 67.4 Å².